The number of fused-ring (bicyclic) bond motifs is 1. The first-order chi connectivity index (χ1) is 17.2. The molecule has 0 radical (unpaired) electrons. The smallest absolute Gasteiger partial charge is 0.161 e. The summed E-state index contributed by atoms with van der Waals surface area (Å²) >= 11 is 0. The van der Waals surface area contributed by atoms with E-state index in [0.29, 0.717) is 24.7 Å². The van der Waals surface area contributed by atoms with E-state index in [4.69, 9.17) is 23.9 Å². The Bertz CT molecular complexity index is 1260. The van der Waals surface area contributed by atoms with Crippen LogP contribution in [0.15, 0.2) is 79.4 Å². The lowest BCUT2D eigenvalue weighted by molar-refractivity contribution is 0.268. The molecular formula is C29H32N2O4. The summed E-state index contributed by atoms with van der Waals surface area (Å²) < 4.78 is 25.2. The van der Waals surface area contributed by atoms with Gasteiger partial charge in [0.05, 0.1) is 31.9 Å². The van der Waals surface area contributed by atoms with Gasteiger partial charge in [0, 0.05) is 6.54 Å². The third-order valence-corrected chi connectivity index (χ3v) is 5.80. The van der Waals surface area contributed by atoms with Gasteiger partial charge in [0.1, 0.15) is 12.4 Å². The first kappa shape index (κ1) is 24.2. The van der Waals surface area contributed by atoms with Crippen molar-refractivity contribution in [2.45, 2.75) is 32.4 Å². The summed E-state index contributed by atoms with van der Waals surface area (Å²) in [5.41, 5.74) is 3.22. The van der Waals surface area contributed by atoms with Crippen LogP contribution in [0.5, 0.6) is 23.0 Å². The molecule has 0 bridgehead atoms. The number of benzene rings is 3. The van der Waals surface area contributed by atoms with Gasteiger partial charge in [0.2, 0.25) is 0 Å². The highest BCUT2D eigenvalue weighted by molar-refractivity contribution is 5.75. The second kappa shape index (κ2) is 12.0. The van der Waals surface area contributed by atoms with E-state index in [0.717, 1.165) is 59.7 Å². The van der Waals surface area contributed by atoms with Crippen LogP contribution in [-0.4, -0.2) is 30.4 Å². The van der Waals surface area contributed by atoms with Crippen molar-refractivity contribution in [3.05, 3.63) is 90.8 Å². The number of hydrogen-bond donors (Lipinski definition) is 0. The first-order valence-electron chi connectivity index (χ1n) is 11.8. The van der Waals surface area contributed by atoms with Crippen LogP contribution >= 0.6 is 0 Å². The van der Waals surface area contributed by atoms with Crippen molar-refractivity contribution >= 4 is 11.0 Å². The molecule has 182 valence electrons. The summed E-state index contributed by atoms with van der Waals surface area (Å²) in [4.78, 5) is 4.82. The number of unbranched alkanes of at least 4 members (excludes halogenated alkanes) is 1. The molecule has 0 saturated carbocycles. The van der Waals surface area contributed by atoms with Gasteiger partial charge in [-0.3, -0.25) is 0 Å². The van der Waals surface area contributed by atoms with Crippen LogP contribution in [0.2, 0.25) is 0 Å². The zero-order valence-electron chi connectivity index (χ0n) is 20.4. The lowest BCUT2D eigenvalue weighted by Gasteiger charge is -2.13. The van der Waals surface area contributed by atoms with E-state index in [2.05, 4.69) is 17.2 Å². The summed E-state index contributed by atoms with van der Waals surface area (Å²) in [7, 11) is 3.31. The maximum atomic E-state index is 6.07. The van der Waals surface area contributed by atoms with E-state index in [1.54, 1.807) is 14.2 Å². The van der Waals surface area contributed by atoms with Gasteiger partial charge in [0.15, 0.2) is 23.0 Å². The standard InChI is InChI=1S/C29H32N2O4/c1-4-11-22-16-17-27(28(20-22)33-3)34-19-10-9-18-31-24-13-6-5-12-23(24)30-29(31)21-35-26-15-8-7-14-25(26)32-2/h4-8,12-17,20H,1,9-11,18-19,21H2,2-3H3. The van der Waals surface area contributed by atoms with Gasteiger partial charge in [-0.15, -0.1) is 6.58 Å². The number of allylic oxidation sites excluding steroid dienone is 1. The Kier molecular flexibility index (Phi) is 8.28. The maximum absolute atomic E-state index is 6.07. The van der Waals surface area contributed by atoms with Gasteiger partial charge in [-0.05, 0) is 61.2 Å². The molecule has 0 atom stereocenters. The van der Waals surface area contributed by atoms with Crippen LogP contribution in [-0.2, 0) is 19.6 Å². The highest BCUT2D eigenvalue weighted by atomic mass is 16.5. The minimum Gasteiger partial charge on any atom is -0.493 e. The van der Waals surface area contributed by atoms with Crippen LogP contribution in [0, 0.1) is 0 Å². The molecule has 0 aliphatic carbocycles. The van der Waals surface area contributed by atoms with Crippen molar-refractivity contribution < 1.29 is 18.9 Å². The lowest BCUT2D eigenvalue weighted by Crippen LogP contribution is -2.09. The molecule has 6 heteroatoms. The molecule has 0 aliphatic rings. The van der Waals surface area contributed by atoms with E-state index in [1.165, 1.54) is 0 Å². The summed E-state index contributed by atoms with van der Waals surface area (Å²) in [6, 6.07) is 21.8. The summed E-state index contributed by atoms with van der Waals surface area (Å²) in [5.74, 6) is 3.81. The molecule has 0 fully saturated rings. The number of nitrogens with zero attached hydrogens (tertiary/aromatic N) is 2. The molecule has 0 aliphatic heterocycles. The first-order valence-corrected chi connectivity index (χ1v) is 11.8. The normalized spacial score (nSPS) is 10.8. The third kappa shape index (κ3) is 5.96. The van der Waals surface area contributed by atoms with Crippen molar-refractivity contribution in [3.8, 4) is 23.0 Å². The number of aromatic nitrogens is 2. The molecule has 4 aromatic rings. The topological polar surface area (TPSA) is 54.7 Å². The fourth-order valence-corrected chi connectivity index (χ4v) is 4.04. The number of rotatable bonds is 13. The molecule has 0 spiro atoms. The highest BCUT2D eigenvalue weighted by Gasteiger charge is 2.12. The maximum Gasteiger partial charge on any atom is 0.161 e. The van der Waals surface area contributed by atoms with Gasteiger partial charge in [-0.2, -0.15) is 0 Å². The Morgan fingerprint density at radius 3 is 2.37 bits per heavy atom. The average molecular weight is 473 g/mol. The lowest BCUT2D eigenvalue weighted by atomic mass is 10.1. The van der Waals surface area contributed by atoms with Crippen LogP contribution in [0.4, 0.5) is 0 Å². The molecule has 0 N–H and O–H groups in total. The fraction of sp³-hybridized carbons (Fsp3) is 0.276. The number of methoxy groups -OCH3 is 2. The van der Waals surface area contributed by atoms with Crippen LogP contribution in [0.3, 0.4) is 0 Å². The molecule has 35 heavy (non-hydrogen) atoms. The monoisotopic (exact) mass is 472 g/mol. The second-order valence-corrected chi connectivity index (χ2v) is 8.14. The number of imidazole rings is 1. The Morgan fingerprint density at radius 1 is 0.829 bits per heavy atom. The second-order valence-electron chi connectivity index (χ2n) is 8.14. The Balaban J connectivity index is 1.38. The van der Waals surface area contributed by atoms with Crippen molar-refractivity contribution in [1.82, 2.24) is 9.55 Å². The van der Waals surface area contributed by atoms with Gasteiger partial charge in [0.25, 0.3) is 0 Å². The van der Waals surface area contributed by atoms with Crippen molar-refractivity contribution in [3.63, 3.8) is 0 Å². The van der Waals surface area contributed by atoms with E-state index in [1.807, 2.05) is 66.7 Å². The molecule has 4 rings (SSSR count). The molecule has 1 aromatic heterocycles. The predicted octanol–water partition coefficient (Wildman–Crippen LogP) is 6.22. The number of para-hydroxylation sites is 4. The minimum atomic E-state index is 0.361. The van der Waals surface area contributed by atoms with Gasteiger partial charge < -0.3 is 23.5 Å². The number of hydrogen-bond acceptors (Lipinski definition) is 5. The van der Waals surface area contributed by atoms with Gasteiger partial charge in [-0.1, -0.05) is 36.4 Å². The van der Waals surface area contributed by atoms with Gasteiger partial charge in [-0.25, -0.2) is 4.98 Å². The SMILES string of the molecule is C=CCc1ccc(OCCCCn2c(COc3ccccc3OC)nc3ccccc32)c(OC)c1. The molecule has 3 aromatic carbocycles. The number of ether oxygens (including phenoxy) is 4. The summed E-state index contributed by atoms with van der Waals surface area (Å²) in [6.45, 7) is 5.59. The molecule has 0 saturated heterocycles. The number of aryl methyl sites for hydroxylation is 1. The van der Waals surface area contributed by atoms with Gasteiger partial charge >= 0.3 is 0 Å². The third-order valence-electron chi connectivity index (χ3n) is 5.80. The molecular weight excluding hydrogens is 440 g/mol. The molecule has 1 heterocycles. The molecule has 0 amide bonds. The predicted molar refractivity (Wildman–Crippen MR) is 139 cm³/mol. The zero-order chi connectivity index (χ0) is 24.5. The van der Waals surface area contributed by atoms with E-state index in [9.17, 15) is 0 Å². The average Bonchev–Trinajstić information content (AvgIpc) is 3.25. The van der Waals surface area contributed by atoms with Crippen molar-refractivity contribution in [2.75, 3.05) is 20.8 Å². The van der Waals surface area contributed by atoms with E-state index in [-0.39, 0.29) is 0 Å². The molecule has 6 nitrogen and oxygen atoms in total. The Morgan fingerprint density at radius 2 is 1.57 bits per heavy atom. The summed E-state index contributed by atoms with van der Waals surface area (Å²) in [6.07, 6.45) is 4.53. The van der Waals surface area contributed by atoms with Crippen LogP contribution in [0.25, 0.3) is 11.0 Å². The van der Waals surface area contributed by atoms with Crippen LogP contribution < -0.4 is 18.9 Å². The van der Waals surface area contributed by atoms with Crippen molar-refractivity contribution in [2.24, 2.45) is 0 Å². The summed E-state index contributed by atoms with van der Waals surface area (Å²) in [5, 5.41) is 0. The van der Waals surface area contributed by atoms with E-state index >= 15 is 0 Å². The quantitative estimate of drug-likeness (QED) is 0.171. The minimum absolute atomic E-state index is 0.361. The fourth-order valence-electron chi connectivity index (χ4n) is 4.04. The highest BCUT2D eigenvalue weighted by Crippen LogP contribution is 2.29. The Hall–Kier alpha value is -3.93. The zero-order valence-corrected chi connectivity index (χ0v) is 20.4. The van der Waals surface area contributed by atoms with Crippen LogP contribution in [0.1, 0.15) is 24.2 Å². The Labute approximate surface area is 206 Å². The van der Waals surface area contributed by atoms with E-state index < -0.39 is 0 Å². The largest absolute Gasteiger partial charge is 0.493 e. The molecule has 0 unspecified atom stereocenters. The van der Waals surface area contributed by atoms with Crippen molar-refractivity contribution in [1.29, 1.82) is 0 Å².